The normalized spacial score (nSPS) is 20.3. The number of fused-ring (bicyclic) bond motifs is 1. The fourth-order valence-corrected chi connectivity index (χ4v) is 1.93. The zero-order valence-electron chi connectivity index (χ0n) is 6.63. The second-order valence-corrected chi connectivity index (χ2v) is 4.58. The molecule has 0 saturated heterocycles. The van der Waals surface area contributed by atoms with Gasteiger partial charge in [-0.2, -0.15) is 0 Å². The molecule has 1 aliphatic heterocycles. The summed E-state index contributed by atoms with van der Waals surface area (Å²) in [6.07, 6.45) is 1.07. The van der Waals surface area contributed by atoms with Crippen LogP contribution in [0.4, 0.5) is 0 Å². The lowest BCUT2D eigenvalue weighted by molar-refractivity contribution is 0.342. The smallest absolute Gasteiger partial charge is 0.151 e. The highest BCUT2D eigenvalue weighted by molar-refractivity contribution is 9.10. The Bertz CT molecular complexity index is 290. The van der Waals surface area contributed by atoms with E-state index in [2.05, 4.69) is 40.1 Å². The van der Waals surface area contributed by atoms with Crippen molar-refractivity contribution in [3.8, 4) is 0 Å². The van der Waals surface area contributed by atoms with Gasteiger partial charge in [0.25, 0.3) is 0 Å². The number of halogens is 1. The Morgan fingerprint density at radius 2 is 2.27 bits per heavy atom. The third kappa shape index (κ3) is 1.09. The maximum absolute atomic E-state index is 4.01. The van der Waals surface area contributed by atoms with Crippen LogP contribution >= 0.6 is 15.9 Å². The van der Waals surface area contributed by atoms with E-state index in [1.54, 1.807) is 0 Å². The van der Waals surface area contributed by atoms with Crippen molar-refractivity contribution >= 4 is 15.9 Å². The summed E-state index contributed by atoms with van der Waals surface area (Å²) in [5.41, 5.74) is 1.59. The molecule has 0 bridgehead atoms. The molecule has 2 heterocycles. The van der Waals surface area contributed by atoms with Crippen molar-refractivity contribution in [3.63, 3.8) is 0 Å². The molecule has 0 amide bonds. The van der Waals surface area contributed by atoms with Crippen molar-refractivity contribution in [2.45, 2.75) is 26.8 Å². The second-order valence-electron chi connectivity index (χ2n) is 3.83. The molecule has 0 spiro atoms. The van der Waals surface area contributed by atoms with Gasteiger partial charge in [0, 0.05) is 6.54 Å². The summed E-state index contributed by atoms with van der Waals surface area (Å²) in [5.74, 6) is 0. The Morgan fingerprint density at radius 3 is 2.91 bits per heavy atom. The maximum Gasteiger partial charge on any atom is 0.151 e. The van der Waals surface area contributed by atoms with E-state index in [0.29, 0.717) is 5.41 Å². The van der Waals surface area contributed by atoms with E-state index in [1.807, 2.05) is 4.68 Å². The summed E-state index contributed by atoms with van der Waals surface area (Å²) >= 11 is 3.37. The van der Waals surface area contributed by atoms with Gasteiger partial charge in [-0.25, -0.2) is 4.68 Å². The fraction of sp³-hybridized carbons (Fsp3) is 0.714. The first-order valence-corrected chi connectivity index (χ1v) is 4.46. The molecule has 1 aromatic rings. The Hall–Kier alpha value is -0.380. The molecule has 0 N–H and O–H groups in total. The summed E-state index contributed by atoms with van der Waals surface area (Å²) in [7, 11) is 0. The quantitative estimate of drug-likeness (QED) is 0.659. The zero-order valence-corrected chi connectivity index (χ0v) is 8.22. The van der Waals surface area contributed by atoms with Crippen molar-refractivity contribution < 1.29 is 0 Å². The minimum atomic E-state index is 0.355. The third-order valence-corrected chi connectivity index (χ3v) is 2.63. The lowest BCUT2D eigenvalue weighted by Crippen LogP contribution is -2.13. The summed E-state index contributed by atoms with van der Waals surface area (Å²) in [6, 6.07) is 0. The first kappa shape index (κ1) is 7.28. The lowest BCUT2D eigenvalue weighted by atomic mass is 9.92. The Morgan fingerprint density at radius 1 is 1.55 bits per heavy atom. The highest BCUT2D eigenvalue weighted by Gasteiger charge is 2.31. The first-order valence-electron chi connectivity index (χ1n) is 3.66. The van der Waals surface area contributed by atoms with Gasteiger partial charge < -0.3 is 0 Å². The molecule has 0 fully saturated rings. The maximum atomic E-state index is 4.01. The number of aromatic nitrogens is 3. The van der Waals surface area contributed by atoms with Gasteiger partial charge in [0.05, 0.1) is 5.69 Å². The van der Waals surface area contributed by atoms with E-state index in [4.69, 9.17) is 0 Å². The van der Waals surface area contributed by atoms with E-state index in [1.165, 1.54) is 5.69 Å². The molecule has 1 aromatic heterocycles. The van der Waals surface area contributed by atoms with Crippen molar-refractivity contribution in [2.24, 2.45) is 5.41 Å². The van der Waals surface area contributed by atoms with Crippen LogP contribution in [0.2, 0.25) is 0 Å². The van der Waals surface area contributed by atoms with Crippen molar-refractivity contribution in [3.05, 3.63) is 10.3 Å². The predicted octanol–water partition coefficient (Wildman–Crippen LogP) is 1.62. The minimum Gasteiger partial charge on any atom is -0.248 e. The predicted molar refractivity (Wildman–Crippen MR) is 45.2 cm³/mol. The molecule has 0 aromatic carbocycles. The summed E-state index contributed by atoms with van der Waals surface area (Å²) in [5, 5.41) is 7.95. The van der Waals surface area contributed by atoms with Crippen molar-refractivity contribution in [1.29, 1.82) is 0 Å². The van der Waals surface area contributed by atoms with Gasteiger partial charge in [-0.3, -0.25) is 0 Å². The Labute approximate surface area is 73.9 Å². The largest absolute Gasteiger partial charge is 0.248 e. The molecule has 0 atom stereocenters. The molecule has 4 heteroatoms. The van der Waals surface area contributed by atoms with Crippen molar-refractivity contribution in [1.82, 2.24) is 15.0 Å². The molecule has 3 nitrogen and oxygen atoms in total. The average Bonchev–Trinajstić information content (AvgIpc) is 2.31. The highest BCUT2D eigenvalue weighted by Crippen LogP contribution is 2.33. The van der Waals surface area contributed by atoms with Crippen LogP contribution in [-0.4, -0.2) is 15.0 Å². The molecular formula is C7H10BrN3. The monoisotopic (exact) mass is 215 g/mol. The van der Waals surface area contributed by atoms with E-state index in [-0.39, 0.29) is 0 Å². The van der Waals surface area contributed by atoms with Gasteiger partial charge >= 0.3 is 0 Å². The van der Waals surface area contributed by atoms with Crippen LogP contribution in [0.5, 0.6) is 0 Å². The van der Waals surface area contributed by atoms with Crippen LogP contribution in [0.3, 0.4) is 0 Å². The van der Waals surface area contributed by atoms with Gasteiger partial charge in [0.15, 0.2) is 4.60 Å². The van der Waals surface area contributed by atoms with Crippen LogP contribution in [-0.2, 0) is 13.0 Å². The van der Waals surface area contributed by atoms with Gasteiger partial charge in [-0.15, -0.1) is 5.10 Å². The number of hydrogen-bond acceptors (Lipinski definition) is 2. The second kappa shape index (κ2) is 2.06. The van der Waals surface area contributed by atoms with Crippen LogP contribution in [0.1, 0.15) is 19.5 Å². The van der Waals surface area contributed by atoms with Crippen LogP contribution in [0, 0.1) is 5.41 Å². The standard InChI is InChI=1S/C7H10BrN3/c1-7(2)3-5-6(8)9-10-11(5)4-7/h3-4H2,1-2H3. The minimum absolute atomic E-state index is 0.355. The molecular weight excluding hydrogens is 206 g/mol. The molecule has 0 aliphatic carbocycles. The third-order valence-electron chi connectivity index (χ3n) is 2.01. The Kier molecular flexibility index (Phi) is 1.36. The van der Waals surface area contributed by atoms with Crippen LogP contribution < -0.4 is 0 Å². The molecule has 11 heavy (non-hydrogen) atoms. The molecule has 1 aliphatic rings. The topological polar surface area (TPSA) is 30.7 Å². The zero-order chi connectivity index (χ0) is 8.06. The number of rotatable bonds is 0. The molecule has 0 unspecified atom stereocenters. The molecule has 2 rings (SSSR count). The van der Waals surface area contributed by atoms with Gasteiger partial charge in [0.2, 0.25) is 0 Å². The van der Waals surface area contributed by atoms with Crippen LogP contribution in [0.15, 0.2) is 4.60 Å². The van der Waals surface area contributed by atoms with Gasteiger partial charge in [-0.05, 0) is 27.8 Å². The lowest BCUT2D eigenvalue weighted by Gasteiger charge is -2.13. The van der Waals surface area contributed by atoms with Crippen LogP contribution in [0.25, 0.3) is 0 Å². The summed E-state index contributed by atoms with van der Waals surface area (Å²) in [4.78, 5) is 0. The first-order chi connectivity index (χ1) is 5.08. The summed E-state index contributed by atoms with van der Waals surface area (Å²) < 4.78 is 2.88. The van der Waals surface area contributed by atoms with E-state index < -0.39 is 0 Å². The van der Waals surface area contributed by atoms with Gasteiger partial charge in [-0.1, -0.05) is 19.1 Å². The fourth-order valence-electron chi connectivity index (χ4n) is 1.52. The average molecular weight is 216 g/mol. The number of hydrogen-bond donors (Lipinski definition) is 0. The molecule has 0 radical (unpaired) electrons. The SMILES string of the molecule is CC1(C)Cc2c(Br)nnn2C1. The highest BCUT2D eigenvalue weighted by atomic mass is 79.9. The summed E-state index contributed by atoms with van der Waals surface area (Å²) in [6.45, 7) is 5.48. The molecule has 0 saturated carbocycles. The number of nitrogens with zero attached hydrogens (tertiary/aromatic N) is 3. The Balaban J connectivity index is 2.42. The van der Waals surface area contributed by atoms with Crippen molar-refractivity contribution in [2.75, 3.05) is 0 Å². The van der Waals surface area contributed by atoms with E-state index >= 15 is 0 Å². The van der Waals surface area contributed by atoms with E-state index in [9.17, 15) is 0 Å². The molecule has 60 valence electrons. The van der Waals surface area contributed by atoms with E-state index in [0.717, 1.165) is 17.6 Å². The van der Waals surface area contributed by atoms with Gasteiger partial charge in [0.1, 0.15) is 0 Å².